The summed E-state index contributed by atoms with van der Waals surface area (Å²) in [6.07, 6.45) is -4.48. The molecule has 1 atom stereocenters. The van der Waals surface area contributed by atoms with E-state index in [1.54, 1.807) is 13.8 Å². The van der Waals surface area contributed by atoms with Gasteiger partial charge in [0.25, 0.3) is 0 Å². The zero-order valence-electron chi connectivity index (χ0n) is 10.3. The predicted octanol–water partition coefficient (Wildman–Crippen LogP) is 3.05. The molecule has 0 spiro atoms. The van der Waals surface area contributed by atoms with Crippen molar-refractivity contribution in [2.75, 3.05) is 13.2 Å². The van der Waals surface area contributed by atoms with Crippen molar-refractivity contribution in [3.63, 3.8) is 0 Å². The smallest absolute Gasteiger partial charge is 0.407 e. The molecular formula is C12H16F3NO2. The highest BCUT2D eigenvalue weighted by Crippen LogP contribution is 2.35. The molecule has 0 unspecified atom stereocenters. The molecule has 0 heterocycles. The largest absolute Gasteiger partial charge is 0.490 e. The molecule has 0 aliphatic carbocycles. The Morgan fingerprint density at radius 2 is 1.67 bits per heavy atom. The fourth-order valence-corrected chi connectivity index (χ4v) is 1.45. The van der Waals surface area contributed by atoms with E-state index in [1.165, 1.54) is 18.2 Å². The molecule has 0 fully saturated rings. The lowest BCUT2D eigenvalue weighted by atomic mass is 10.1. The Kier molecular flexibility index (Phi) is 4.84. The third kappa shape index (κ3) is 3.53. The summed E-state index contributed by atoms with van der Waals surface area (Å²) >= 11 is 0. The Morgan fingerprint density at radius 3 is 2.17 bits per heavy atom. The number of nitrogens with two attached hydrogens (primary N) is 1. The molecule has 0 bridgehead atoms. The van der Waals surface area contributed by atoms with Crippen LogP contribution in [0.5, 0.6) is 11.5 Å². The Hall–Kier alpha value is -1.43. The second-order valence-corrected chi connectivity index (χ2v) is 3.59. The van der Waals surface area contributed by atoms with Gasteiger partial charge in [-0.25, -0.2) is 0 Å². The molecule has 0 aliphatic heterocycles. The monoisotopic (exact) mass is 263 g/mol. The molecule has 0 aromatic heterocycles. The van der Waals surface area contributed by atoms with E-state index in [9.17, 15) is 13.2 Å². The molecule has 6 heteroatoms. The van der Waals surface area contributed by atoms with E-state index in [-0.39, 0.29) is 11.3 Å². The summed E-state index contributed by atoms with van der Waals surface area (Å²) < 4.78 is 48.0. The summed E-state index contributed by atoms with van der Waals surface area (Å²) in [5.74, 6) is 0.689. The van der Waals surface area contributed by atoms with Crippen molar-refractivity contribution in [2.24, 2.45) is 5.73 Å². The van der Waals surface area contributed by atoms with Gasteiger partial charge in [0.2, 0.25) is 0 Å². The van der Waals surface area contributed by atoms with Gasteiger partial charge in [-0.3, -0.25) is 0 Å². The first-order chi connectivity index (χ1) is 8.40. The maximum absolute atomic E-state index is 12.5. The van der Waals surface area contributed by atoms with Crippen LogP contribution in [0.2, 0.25) is 0 Å². The molecule has 18 heavy (non-hydrogen) atoms. The van der Waals surface area contributed by atoms with Crippen LogP contribution in [0.3, 0.4) is 0 Å². The van der Waals surface area contributed by atoms with E-state index in [0.29, 0.717) is 19.0 Å². The van der Waals surface area contributed by atoms with Crippen LogP contribution < -0.4 is 15.2 Å². The van der Waals surface area contributed by atoms with Crippen molar-refractivity contribution < 1.29 is 22.6 Å². The highest BCUT2D eigenvalue weighted by molar-refractivity contribution is 5.44. The van der Waals surface area contributed by atoms with E-state index in [4.69, 9.17) is 15.2 Å². The molecular weight excluding hydrogens is 247 g/mol. The fraction of sp³-hybridized carbons (Fsp3) is 0.500. The first kappa shape index (κ1) is 14.6. The normalized spacial score (nSPS) is 13.2. The summed E-state index contributed by atoms with van der Waals surface area (Å²) in [6.45, 7) is 4.27. The van der Waals surface area contributed by atoms with Gasteiger partial charge in [-0.15, -0.1) is 0 Å². The number of rotatable bonds is 5. The molecule has 1 aromatic carbocycles. The quantitative estimate of drug-likeness (QED) is 0.888. The van der Waals surface area contributed by atoms with Gasteiger partial charge in [0.1, 0.15) is 6.04 Å². The number of alkyl halides is 3. The van der Waals surface area contributed by atoms with Gasteiger partial charge in [0.05, 0.1) is 13.2 Å². The number of ether oxygens (including phenoxy) is 2. The van der Waals surface area contributed by atoms with Gasteiger partial charge in [0, 0.05) is 0 Å². The summed E-state index contributed by atoms with van der Waals surface area (Å²) in [7, 11) is 0. The van der Waals surface area contributed by atoms with Gasteiger partial charge < -0.3 is 15.2 Å². The highest BCUT2D eigenvalue weighted by atomic mass is 19.4. The lowest BCUT2D eigenvalue weighted by Crippen LogP contribution is -2.28. The van der Waals surface area contributed by atoms with Gasteiger partial charge >= 0.3 is 6.18 Å². The van der Waals surface area contributed by atoms with Crippen molar-refractivity contribution in [1.82, 2.24) is 0 Å². The second kappa shape index (κ2) is 5.95. The van der Waals surface area contributed by atoms with E-state index in [0.717, 1.165) is 0 Å². The minimum absolute atomic E-state index is 0.0468. The molecule has 0 radical (unpaired) electrons. The Labute approximate surface area is 104 Å². The van der Waals surface area contributed by atoms with E-state index < -0.39 is 12.2 Å². The molecule has 0 aliphatic rings. The third-order valence-electron chi connectivity index (χ3n) is 2.28. The first-order valence-electron chi connectivity index (χ1n) is 5.62. The molecule has 3 nitrogen and oxygen atoms in total. The van der Waals surface area contributed by atoms with Crippen molar-refractivity contribution in [3.05, 3.63) is 23.8 Å². The number of hydrogen-bond donors (Lipinski definition) is 1. The lowest BCUT2D eigenvalue weighted by molar-refractivity contribution is -0.149. The molecule has 0 amide bonds. The van der Waals surface area contributed by atoms with Crippen LogP contribution in [0.15, 0.2) is 18.2 Å². The number of benzene rings is 1. The summed E-state index contributed by atoms with van der Waals surface area (Å²) in [5.41, 5.74) is 5.09. The molecule has 0 saturated heterocycles. The zero-order chi connectivity index (χ0) is 13.8. The highest BCUT2D eigenvalue weighted by Gasteiger charge is 2.38. The van der Waals surface area contributed by atoms with E-state index in [1.807, 2.05) is 0 Å². The minimum Gasteiger partial charge on any atom is -0.490 e. The maximum Gasteiger partial charge on any atom is 0.407 e. The Morgan fingerprint density at radius 1 is 1.11 bits per heavy atom. The Bertz CT molecular complexity index is 393. The van der Waals surface area contributed by atoms with Crippen molar-refractivity contribution in [2.45, 2.75) is 26.1 Å². The van der Waals surface area contributed by atoms with Crippen molar-refractivity contribution in [3.8, 4) is 11.5 Å². The molecule has 2 N–H and O–H groups in total. The molecule has 1 rings (SSSR count). The van der Waals surface area contributed by atoms with Crippen LogP contribution in [-0.2, 0) is 0 Å². The SMILES string of the molecule is CCOc1ccc([C@@H](N)C(F)(F)F)cc1OCC. The van der Waals surface area contributed by atoms with Crippen LogP contribution in [0.4, 0.5) is 13.2 Å². The van der Waals surface area contributed by atoms with E-state index >= 15 is 0 Å². The zero-order valence-corrected chi connectivity index (χ0v) is 10.3. The lowest BCUT2D eigenvalue weighted by Gasteiger charge is -2.18. The number of hydrogen-bond acceptors (Lipinski definition) is 3. The first-order valence-corrected chi connectivity index (χ1v) is 5.62. The summed E-state index contributed by atoms with van der Waals surface area (Å²) in [4.78, 5) is 0. The van der Waals surface area contributed by atoms with E-state index in [2.05, 4.69) is 0 Å². The van der Waals surface area contributed by atoms with Gasteiger partial charge in [0.15, 0.2) is 11.5 Å². The van der Waals surface area contributed by atoms with Gasteiger partial charge in [-0.1, -0.05) is 6.07 Å². The minimum atomic E-state index is -4.48. The van der Waals surface area contributed by atoms with Crippen molar-refractivity contribution >= 4 is 0 Å². The van der Waals surface area contributed by atoms with Crippen LogP contribution in [0.25, 0.3) is 0 Å². The van der Waals surface area contributed by atoms with Crippen LogP contribution in [0.1, 0.15) is 25.5 Å². The third-order valence-corrected chi connectivity index (χ3v) is 2.28. The van der Waals surface area contributed by atoms with Crippen LogP contribution in [-0.4, -0.2) is 19.4 Å². The molecule has 1 aromatic rings. The maximum atomic E-state index is 12.5. The average Bonchev–Trinajstić information content (AvgIpc) is 2.30. The van der Waals surface area contributed by atoms with Crippen LogP contribution >= 0.6 is 0 Å². The predicted molar refractivity (Wildman–Crippen MR) is 61.8 cm³/mol. The molecule has 0 saturated carbocycles. The van der Waals surface area contributed by atoms with Gasteiger partial charge in [-0.2, -0.15) is 13.2 Å². The fourth-order valence-electron chi connectivity index (χ4n) is 1.45. The van der Waals surface area contributed by atoms with Crippen molar-refractivity contribution in [1.29, 1.82) is 0 Å². The number of halogens is 3. The topological polar surface area (TPSA) is 44.5 Å². The average molecular weight is 263 g/mol. The summed E-state index contributed by atoms with van der Waals surface area (Å²) in [5, 5.41) is 0. The second-order valence-electron chi connectivity index (χ2n) is 3.59. The molecule has 102 valence electrons. The van der Waals surface area contributed by atoms with Gasteiger partial charge in [-0.05, 0) is 31.5 Å². The summed E-state index contributed by atoms with van der Waals surface area (Å²) in [6, 6.07) is 1.99. The standard InChI is InChI=1S/C12H16F3NO2/c1-3-17-9-6-5-8(7-10(9)18-4-2)11(16)12(13,14)15/h5-7,11H,3-4,16H2,1-2H3/t11-/m1/s1. The van der Waals surface area contributed by atoms with Crippen LogP contribution in [0, 0.1) is 0 Å². The Balaban J connectivity index is 3.06.